The van der Waals surface area contributed by atoms with E-state index < -0.39 is 0 Å². The van der Waals surface area contributed by atoms with Gasteiger partial charge < -0.3 is 4.57 Å². The molecule has 12 rings (SSSR count). The van der Waals surface area contributed by atoms with Gasteiger partial charge in [0.15, 0.2) is 0 Å². The Bertz CT molecular complexity index is 3520. The van der Waals surface area contributed by atoms with Crippen molar-refractivity contribution < 1.29 is 0 Å². The number of fused-ring (bicyclic) bond motifs is 11. The Morgan fingerprint density at radius 3 is 1.75 bits per heavy atom. The van der Waals surface area contributed by atoms with Crippen LogP contribution in [0.3, 0.4) is 0 Å². The zero-order valence-electron chi connectivity index (χ0n) is 30.1. The second kappa shape index (κ2) is 11.9. The SMILES string of the molecule is c1ccc(-c2ccc(-c3nc(-n4c5ccccc5c5c6ccccc6c(-n6c7ccccc7c7c8ccccc8ccc76)cc54)nc4ccccc34)cc2)nc1. The van der Waals surface area contributed by atoms with E-state index in [9.17, 15) is 0 Å². The summed E-state index contributed by atoms with van der Waals surface area (Å²) < 4.78 is 4.72. The van der Waals surface area contributed by atoms with Gasteiger partial charge in [-0.2, -0.15) is 0 Å². The zero-order chi connectivity index (χ0) is 36.7. The van der Waals surface area contributed by atoms with E-state index in [1.807, 2.05) is 24.4 Å². The molecule has 5 nitrogen and oxygen atoms in total. The highest BCUT2D eigenvalue weighted by Gasteiger charge is 2.23. The van der Waals surface area contributed by atoms with Gasteiger partial charge in [0.1, 0.15) is 0 Å². The van der Waals surface area contributed by atoms with Gasteiger partial charge in [0, 0.05) is 49.6 Å². The number of para-hydroxylation sites is 3. The highest BCUT2D eigenvalue weighted by molar-refractivity contribution is 6.25. The average Bonchev–Trinajstić information content (AvgIpc) is 3.79. The third-order valence-corrected chi connectivity index (χ3v) is 11.4. The molecule has 0 spiro atoms. The fourth-order valence-electron chi connectivity index (χ4n) is 8.93. The lowest BCUT2D eigenvalue weighted by Gasteiger charge is -2.15. The van der Waals surface area contributed by atoms with E-state index in [0.29, 0.717) is 5.95 Å². The molecule has 0 unspecified atom stereocenters. The van der Waals surface area contributed by atoms with E-state index in [1.54, 1.807) is 0 Å². The molecular formula is C51H31N5. The van der Waals surface area contributed by atoms with Gasteiger partial charge >= 0.3 is 0 Å². The highest BCUT2D eigenvalue weighted by Crippen LogP contribution is 2.43. The Labute approximate surface area is 321 Å². The standard InChI is InChI=1S/C51H31N5/c1-2-14-35-32(13-1)28-29-45-48(35)39-18-6-9-22-43(39)55(45)46-31-47-49(37-16-4-3-15-36(37)46)40-19-7-10-23-44(40)56(47)51-53-42-21-8-5-17-38(42)50(54-51)34-26-24-33(25-27-34)41-20-11-12-30-52-41/h1-31H. The Kier molecular flexibility index (Phi) is 6.56. The Morgan fingerprint density at radius 2 is 0.982 bits per heavy atom. The summed E-state index contributed by atoms with van der Waals surface area (Å²) in [6, 6.07) is 64.7. The van der Waals surface area contributed by atoms with E-state index in [4.69, 9.17) is 9.97 Å². The van der Waals surface area contributed by atoms with Crippen LogP contribution in [0.4, 0.5) is 0 Å². The summed E-state index contributed by atoms with van der Waals surface area (Å²) in [4.78, 5) is 15.3. The molecule has 0 saturated carbocycles. The van der Waals surface area contributed by atoms with Crippen molar-refractivity contribution in [3.63, 3.8) is 0 Å². The summed E-state index contributed by atoms with van der Waals surface area (Å²) in [5.74, 6) is 0.633. The maximum atomic E-state index is 5.45. The van der Waals surface area contributed by atoms with E-state index in [1.165, 1.54) is 48.7 Å². The first-order valence-electron chi connectivity index (χ1n) is 19.0. The van der Waals surface area contributed by atoms with E-state index in [-0.39, 0.29) is 0 Å². The first-order chi connectivity index (χ1) is 27.8. The van der Waals surface area contributed by atoms with Crippen molar-refractivity contribution in [3.8, 4) is 34.2 Å². The minimum Gasteiger partial charge on any atom is -0.309 e. The first kappa shape index (κ1) is 30.8. The van der Waals surface area contributed by atoms with Gasteiger partial charge in [-0.1, -0.05) is 140 Å². The molecule has 5 heteroatoms. The maximum absolute atomic E-state index is 5.45. The molecule has 12 aromatic rings. The van der Waals surface area contributed by atoms with Gasteiger partial charge in [0.2, 0.25) is 5.95 Å². The van der Waals surface area contributed by atoms with Gasteiger partial charge in [0.05, 0.1) is 44.7 Å². The third-order valence-electron chi connectivity index (χ3n) is 11.4. The van der Waals surface area contributed by atoms with Crippen molar-refractivity contribution in [3.05, 3.63) is 188 Å². The van der Waals surface area contributed by atoms with Crippen LogP contribution in [0.1, 0.15) is 0 Å². The van der Waals surface area contributed by atoms with E-state index in [2.05, 4.69) is 178 Å². The lowest BCUT2D eigenvalue weighted by atomic mass is 10.0. The monoisotopic (exact) mass is 713 g/mol. The lowest BCUT2D eigenvalue weighted by Crippen LogP contribution is -2.04. The van der Waals surface area contributed by atoms with E-state index in [0.717, 1.165) is 55.5 Å². The highest BCUT2D eigenvalue weighted by atomic mass is 15.2. The van der Waals surface area contributed by atoms with Crippen molar-refractivity contribution in [1.82, 2.24) is 24.1 Å². The molecule has 0 atom stereocenters. The third kappa shape index (κ3) is 4.46. The normalized spacial score (nSPS) is 11.9. The summed E-state index contributed by atoms with van der Waals surface area (Å²) in [7, 11) is 0. The number of nitrogens with zero attached hydrogens (tertiary/aromatic N) is 5. The van der Waals surface area contributed by atoms with Gasteiger partial charge in [-0.15, -0.1) is 0 Å². The quantitative estimate of drug-likeness (QED) is 0.182. The van der Waals surface area contributed by atoms with Crippen LogP contribution in [-0.4, -0.2) is 24.1 Å². The van der Waals surface area contributed by atoms with Crippen LogP contribution in [-0.2, 0) is 0 Å². The Morgan fingerprint density at radius 1 is 0.375 bits per heavy atom. The van der Waals surface area contributed by atoms with Crippen LogP contribution in [0.25, 0.3) is 110 Å². The molecule has 0 radical (unpaired) electrons. The predicted molar refractivity (Wildman–Crippen MR) is 232 cm³/mol. The van der Waals surface area contributed by atoms with Gasteiger partial charge in [0.25, 0.3) is 0 Å². The van der Waals surface area contributed by atoms with Crippen LogP contribution in [0, 0.1) is 0 Å². The van der Waals surface area contributed by atoms with Crippen molar-refractivity contribution >= 4 is 76.1 Å². The molecule has 0 aliphatic heterocycles. The molecule has 0 N–H and O–H groups in total. The number of hydrogen-bond donors (Lipinski definition) is 0. The van der Waals surface area contributed by atoms with Crippen LogP contribution < -0.4 is 0 Å². The molecule has 260 valence electrons. The molecular weight excluding hydrogens is 683 g/mol. The lowest BCUT2D eigenvalue weighted by molar-refractivity contribution is 1.01. The second-order valence-electron chi connectivity index (χ2n) is 14.4. The molecule has 56 heavy (non-hydrogen) atoms. The number of aromatic nitrogens is 5. The molecule has 0 aliphatic rings. The number of pyridine rings is 1. The average molecular weight is 714 g/mol. The molecule has 8 aromatic carbocycles. The molecule has 0 aliphatic carbocycles. The van der Waals surface area contributed by atoms with E-state index >= 15 is 0 Å². The van der Waals surface area contributed by atoms with Crippen molar-refractivity contribution in [2.75, 3.05) is 0 Å². The smallest absolute Gasteiger partial charge is 0.235 e. The van der Waals surface area contributed by atoms with Gasteiger partial charge in [-0.05, 0) is 58.6 Å². The van der Waals surface area contributed by atoms with Gasteiger partial charge in [-0.3, -0.25) is 9.55 Å². The summed E-state index contributed by atoms with van der Waals surface area (Å²) in [5, 5.41) is 10.7. The van der Waals surface area contributed by atoms with Crippen molar-refractivity contribution in [1.29, 1.82) is 0 Å². The number of hydrogen-bond acceptors (Lipinski definition) is 3. The molecule has 0 bridgehead atoms. The van der Waals surface area contributed by atoms with Crippen LogP contribution in [0.2, 0.25) is 0 Å². The zero-order valence-corrected chi connectivity index (χ0v) is 30.1. The second-order valence-corrected chi connectivity index (χ2v) is 14.4. The molecule has 0 amide bonds. The largest absolute Gasteiger partial charge is 0.309 e. The molecule has 0 saturated heterocycles. The fourth-order valence-corrected chi connectivity index (χ4v) is 8.93. The van der Waals surface area contributed by atoms with Crippen molar-refractivity contribution in [2.45, 2.75) is 0 Å². The predicted octanol–water partition coefficient (Wildman–Crippen LogP) is 12.9. The fraction of sp³-hybridized carbons (Fsp3) is 0. The van der Waals surface area contributed by atoms with Crippen molar-refractivity contribution in [2.24, 2.45) is 0 Å². The summed E-state index contributed by atoms with van der Waals surface area (Å²) in [6.45, 7) is 0. The minimum atomic E-state index is 0.633. The molecule has 4 heterocycles. The minimum absolute atomic E-state index is 0.633. The van der Waals surface area contributed by atoms with Crippen LogP contribution >= 0.6 is 0 Å². The summed E-state index contributed by atoms with van der Waals surface area (Å²) in [6.07, 6.45) is 1.83. The Balaban J connectivity index is 1.18. The number of rotatable bonds is 4. The van der Waals surface area contributed by atoms with Crippen LogP contribution in [0.5, 0.6) is 0 Å². The van der Waals surface area contributed by atoms with Gasteiger partial charge in [-0.25, -0.2) is 9.97 Å². The summed E-state index contributed by atoms with van der Waals surface area (Å²) in [5.41, 5.74) is 10.4. The van der Waals surface area contributed by atoms with Crippen LogP contribution in [0.15, 0.2) is 188 Å². The molecule has 0 fully saturated rings. The Hall–Kier alpha value is -7.63. The topological polar surface area (TPSA) is 48.5 Å². The maximum Gasteiger partial charge on any atom is 0.235 e. The molecule has 4 aromatic heterocycles. The summed E-state index contributed by atoms with van der Waals surface area (Å²) >= 11 is 0. The first-order valence-corrected chi connectivity index (χ1v) is 19.0. The number of benzene rings is 8.